The summed E-state index contributed by atoms with van der Waals surface area (Å²) in [6.07, 6.45) is 4.78. The van der Waals surface area contributed by atoms with E-state index in [1.165, 1.54) is 12.1 Å². The third-order valence-electron chi connectivity index (χ3n) is 5.66. The summed E-state index contributed by atoms with van der Waals surface area (Å²) in [4.78, 5) is 4.54. The van der Waals surface area contributed by atoms with Gasteiger partial charge in [0, 0.05) is 11.1 Å². The van der Waals surface area contributed by atoms with Crippen LogP contribution in [0.15, 0.2) is 40.9 Å². The number of para-hydroxylation sites is 1. The highest BCUT2D eigenvalue weighted by molar-refractivity contribution is 5.72. The Labute approximate surface area is 155 Å². The molecule has 1 aliphatic heterocycles. The molecule has 0 N–H and O–H groups in total. The van der Waals surface area contributed by atoms with Gasteiger partial charge in [-0.15, -0.1) is 0 Å². The number of hydrogen-bond donors (Lipinski definition) is 0. The van der Waals surface area contributed by atoms with Crippen LogP contribution >= 0.6 is 0 Å². The Morgan fingerprint density at radius 1 is 0.963 bits per heavy atom. The number of fused-ring (bicyclic) bond motifs is 7. The maximum Gasteiger partial charge on any atom is 0.233 e. The van der Waals surface area contributed by atoms with Crippen molar-refractivity contribution in [2.24, 2.45) is 0 Å². The summed E-state index contributed by atoms with van der Waals surface area (Å²) in [7, 11) is 0. The Morgan fingerprint density at radius 3 is 2.67 bits per heavy atom. The Kier molecular flexibility index (Phi) is 3.74. The lowest BCUT2D eigenvalue weighted by molar-refractivity contribution is 0.261. The molecule has 0 amide bonds. The first-order valence-corrected chi connectivity index (χ1v) is 9.18. The number of halogens is 2. The first-order chi connectivity index (χ1) is 13.1. The van der Waals surface area contributed by atoms with Gasteiger partial charge < -0.3 is 9.26 Å². The van der Waals surface area contributed by atoms with Crippen molar-refractivity contribution in [3.05, 3.63) is 65.3 Å². The molecule has 138 valence electrons. The zero-order chi connectivity index (χ0) is 18.4. The highest BCUT2D eigenvalue weighted by Gasteiger charge is 2.41. The van der Waals surface area contributed by atoms with E-state index in [0.717, 1.165) is 31.2 Å². The van der Waals surface area contributed by atoms with Crippen molar-refractivity contribution in [2.45, 2.75) is 44.1 Å². The third-order valence-corrected chi connectivity index (χ3v) is 5.66. The van der Waals surface area contributed by atoms with Gasteiger partial charge in [-0.3, -0.25) is 0 Å². The summed E-state index contributed by atoms with van der Waals surface area (Å²) in [5, 5.41) is 4.03. The molecule has 4 bridgehead atoms. The summed E-state index contributed by atoms with van der Waals surface area (Å²) >= 11 is 0. The molecule has 4 nitrogen and oxygen atoms in total. The lowest BCUT2D eigenvalue weighted by Crippen LogP contribution is -2.26. The number of rotatable bonds is 0. The van der Waals surface area contributed by atoms with E-state index in [1.807, 2.05) is 0 Å². The van der Waals surface area contributed by atoms with Crippen LogP contribution in [0.25, 0.3) is 11.1 Å². The molecule has 2 aliphatic rings. The molecule has 2 aromatic carbocycles. The summed E-state index contributed by atoms with van der Waals surface area (Å²) < 4.78 is 40.3. The van der Waals surface area contributed by atoms with E-state index in [9.17, 15) is 8.78 Å². The Bertz CT molecular complexity index is 1010. The molecule has 5 rings (SSSR count). The van der Waals surface area contributed by atoms with Crippen LogP contribution in [0.5, 0.6) is 5.75 Å². The standard InChI is InChI=1S/C21H18F2N2O2/c22-16-7-6-13-10-15(16)14-4-3-5-17(23)19(14)26-12-18-24-20(27-25-18)21(11-13)8-1-2-9-21/h3-7,10H,1-2,8-9,11-12H2. The van der Waals surface area contributed by atoms with E-state index in [4.69, 9.17) is 9.26 Å². The van der Waals surface area contributed by atoms with E-state index in [-0.39, 0.29) is 17.8 Å². The molecule has 0 unspecified atom stereocenters. The fourth-order valence-electron chi connectivity index (χ4n) is 4.33. The van der Waals surface area contributed by atoms with E-state index >= 15 is 0 Å². The predicted molar refractivity (Wildman–Crippen MR) is 94.3 cm³/mol. The normalized spacial score (nSPS) is 17.7. The molecule has 0 radical (unpaired) electrons. The van der Waals surface area contributed by atoms with Gasteiger partial charge in [-0.25, -0.2) is 8.78 Å². The van der Waals surface area contributed by atoms with E-state index < -0.39 is 11.6 Å². The zero-order valence-electron chi connectivity index (χ0n) is 14.7. The Balaban J connectivity index is 1.72. The number of aromatic nitrogens is 2. The fourth-order valence-corrected chi connectivity index (χ4v) is 4.33. The Morgan fingerprint density at radius 2 is 1.81 bits per heavy atom. The highest BCUT2D eigenvalue weighted by atomic mass is 19.1. The monoisotopic (exact) mass is 368 g/mol. The lowest BCUT2D eigenvalue weighted by atomic mass is 9.79. The van der Waals surface area contributed by atoms with Crippen molar-refractivity contribution in [3.8, 4) is 16.9 Å². The van der Waals surface area contributed by atoms with Crippen LogP contribution in [-0.4, -0.2) is 10.1 Å². The van der Waals surface area contributed by atoms with Crippen LogP contribution in [0.2, 0.25) is 0 Å². The first kappa shape index (κ1) is 16.4. The van der Waals surface area contributed by atoms with Crippen LogP contribution in [0, 0.1) is 11.6 Å². The molecule has 2 heterocycles. The van der Waals surface area contributed by atoms with Crippen LogP contribution in [0.1, 0.15) is 43.0 Å². The number of hydrogen-bond acceptors (Lipinski definition) is 4. The van der Waals surface area contributed by atoms with Crippen molar-refractivity contribution < 1.29 is 18.0 Å². The molecule has 1 spiro atoms. The quantitative estimate of drug-likeness (QED) is 0.563. The topological polar surface area (TPSA) is 48.2 Å². The SMILES string of the molecule is Fc1ccc2cc1-c1cccc(F)c1OCc1noc(n1)C1(CCCC1)C2. The van der Waals surface area contributed by atoms with Gasteiger partial charge >= 0.3 is 0 Å². The summed E-state index contributed by atoms with van der Waals surface area (Å²) in [5.41, 5.74) is 1.46. The van der Waals surface area contributed by atoms with E-state index in [2.05, 4.69) is 10.1 Å². The summed E-state index contributed by atoms with van der Waals surface area (Å²) in [6, 6.07) is 9.52. The maximum atomic E-state index is 14.6. The van der Waals surface area contributed by atoms with Crippen LogP contribution < -0.4 is 4.74 Å². The molecule has 27 heavy (non-hydrogen) atoms. The van der Waals surface area contributed by atoms with E-state index in [0.29, 0.717) is 29.3 Å². The van der Waals surface area contributed by atoms with Crippen LogP contribution in [0.3, 0.4) is 0 Å². The largest absolute Gasteiger partial charge is 0.482 e. The first-order valence-electron chi connectivity index (χ1n) is 9.18. The van der Waals surface area contributed by atoms with Gasteiger partial charge in [0.25, 0.3) is 0 Å². The van der Waals surface area contributed by atoms with Gasteiger partial charge in [-0.2, -0.15) is 4.98 Å². The second-order valence-electron chi connectivity index (χ2n) is 7.40. The molecule has 0 atom stereocenters. The van der Waals surface area contributed by atoms with Crippen molar-refractivity contribution in [1.82, 2.24) is 10.1 Å². The lowest BCUT2D eigenvalue weighted by Gasteiger charge is -2.25. The van der Waals surface area contributed by atoms with Crippen molar-refractivity contribution >= 4 is 0 Å². The molecule has 1 aliphatic carbocycles. The molecule has 1 saturated carbocycles. The second kappa shape index (κ2) is 6.15. The van der Waals surface area contributed by atoms with Crippen LogP contribution in [-0.2, 0) is 18.4 Å². The van der Waals surface area contributed by atoms with Crippen molar-refractivity contribution in [3.63, 3.8) is 0 Å². The van der Waals surface area contributed by atoms with Gasteiger partial charge in [0.2, 0.25) is 11.7 Å². The summed E-state index contributed by atoms with van der Waals surface area (Å²) in [6.45, 7) is -0.0329. The minimum atomic E-state index is -0.551. The summed E-state index contributed by atoms with van der Waals surface area (Å²) in [5.74, 6) is 0.0102. The van der Waals surface area contributed by atoms with E-state index in [1.54, 1.807) is 24.3 Å². The van der Waals surface area contributed by atoms with Crippen LogP contribution in [0.4, 0.5) is 8.78 Å². The minimum Gasteiger partial charge on any atom is -0.482 e. The molecule has 3 aromatic rings. The maximum absolute atomic E-state index is 14.6. The highest BCUT2D eigenvalue weighted by Crippen LogP contribution is 2.44. The molecular formula is C21H18F2N2O2. The smallest absolute Gasteiger partial charge is 0.233 e. The fraction of sp³-hybridized carbons (Fsp3) is 0.333. The molecular weight excluding hydrogens is 350 g/mol. The van der Waals surface area contributed by atoms with Gasteiger partial charge in [0.15, 0.2) is 18.2 Å². The predicted octanol–water partition coefficient (Wildman–Crippen LogP) is 4.96. The number of ether oxygens (including phenoxy) is 1. The minimum absolute atomic E-state index is 0.00365. The third kappa shape index (κ3) is 2.71. The van der Waals surface area contributed by atoms with Gasteiger partial charge in [0.05, 0.1) is 5.41 Å². The molecule has 6 heteroatoms. The van der Waals surface area contributed by atoms with Gasteiger partial charge in [-0.1, -0.05) is 36.2 Å². The Hall–Kier alpha value is -2.76. The number of benzene rings is 2. The number of nitrogens with zero attached hydrogens (tertiary/aromatic N) is 2. The second-order valence-corrected chi connectivity index (χ2v) is 7.40. The average Bonchev–Trinajstić information content (AvgIpc) is 3.32. The van der Waals surface area contributed by atoms with Crippen molar-refractivity contribution in [2.75, 3.05) is 0 Å². The van der Waals surface area contributed by atoms with Gasteiger partial charge in [-0.05, 0) is 43.0 Å². The zero-order valence-corrected chi connectivity index (χ0v) is 14.7. The molecule has 1 fully saturated rings. The van der Waals surface area contributed by atoms with Gasteiger partial charge in [0.1, 0.15) is 5.82 Å². The molecule has 0 saturated heterocycles. The average molecular weight is 368 g/mol. The van der Waals surface area contributed by atoms with Crippen molar-refractivity contribution in [1.29, 1.82) is 0 Å². The molecule has 1 aromatic heterocycles.